The fourth-order valence-electron chi connectivity index (χ4n) is 3.50. The van der Waals surface area contributed by atoms with Gasteiger partial charge in [0.05, 0.1) is 22.9 Å². The zero-order valence-corrected chi connectivity index (χ0v) is 19.4. The van der Waals surface area contributed by atoms with Crippen molar-refractivity contribution in [2.75, 3.05) is 11.0 Å². The van der Waals surface area contributed by atoms with E-state index in [1.54, 1.807) is 24.3 Å². The number of rotatable bonds is 6. The number of sulfonamides is 2. The second kappa shape index (κ2) is 8.57. The van der Waals surface area contributed by atoms with Gasteiger partial charge in [-0.05, 0) is 47.5 Å². The third-order valence-corrected chi connectivity index (χ3v) is 7.47. The van der Waals surface area contributed by atoms with Crippen molar-refractivity contribution in [2.24, 2.45) is 5.10 Å². The van der Waals surface area contributed by atoms with Crippen LogP contribution in [0.2, 0.25) is 5.02 Å². The molecule has 1 N–H and O–H groups in total. The van der Waals surface area contributed by atoms with Gasteiger partial charge in [-0.2, -0.15) is 17.9 Å². The van der Waals surface area contributed by atoms with Gasteiger partial charge >= 0.3 is 0 Å². The van der Waals surface area contributed by atoms with Crippen LogP contribution in [0.4, 0.5) is 5.69 Å². The number of hydrogen-bond acceptors (Lipinski definition) is 5. The van der Waals surface area contributed by atoms with Gasteiger partial charge in [0.15, 0.2) is 0 Å². The van der Waals surface area contributed by atoms with Crippen LogP contribution in [0.25, 0.3) is 0 Å². The molecule has 1 unspecified atom stereocenters. The maximum Gasteiger partial charge on any atom is 0.279 e. The van der Waals surface area contributed by atoms with Gasteiger partial charge in [0, 0.05) is 17.1 Å². The number of anilines is 1. The Kier molecular flexibility index (Phi) is 5.98. The summed E-state index contributed by atoms with van der Waals surface area (Å²) in [4.78, 5) is 0.0836. The monoisotopic (exact) mass is 489 g/mol. The summed E-state index contributed by atoms with van der Waals surface area (Å²) in [6.45, 7) is 0. The van der Waals surface area contributed by atoms with Gasteiger partial charge in [-0.25, -0.2) is 8.42 Å². The molecule has 0 amide bonds. The molecule has 3 aromatic rings. The third-order valence-electron chi connectivity index (χ3n) is 4.91. The van der Waals surface area contributed by atoms with Crippen molar-refractivity contribution in [3.05, 3.63) is 95.0 Å². The van der Waals surface area contributed by atoms with Gasteiger partial charge in [0.1, 0.15) is 0 Å². The summed E-state index contributed by atoms with van der Waals surface area (Å²) in [6.07, 6.45) is 1.40. The van der Waals surface area contributed by atoms with Crippen LogP contribution in [-0.4, -0.2) is 33.2 Å². The van der Waals surface area contributed by atoms with Crippen LogP contribution in [0.3, 0.4) is 0 Å². The van der Waals surface area contributed by atoms with E-state index in [2.05, 4.69) is 9.82 Å². The van der Waals surface area contributed by atoms with Gasteiger partial charge in [-0.3, -0.25) is 4.72 Å². The summed E-state index contributed by atoms with van der Waals surface area (Å²) in [5, 5.41) is 4.91. The quantitative estimate of drug-likeness (QED) is 0.559. The van der Waals surface area contributed by atoms with E-state index in [4.69, 9.17) is 11.6 Å². The van der Waals surface area contributed by atoms with E-state index in [1.807, 2.05) is 30.3 Å². The Morgan fingerprint density at radius 1 is 0.938 bits per heavy atom. The van der Waals surface area contributed by atoms with E-state index < -0.39 is 26.1 Å². The highest BCUT2D eigenvalue weighted by Crippen LogP contribution is 2.37. The SMILES string of the molecule is CS(=O)(=O)Nc1cccc(C2=NN(S(=O)(=O)c3ccc(Cl)cc3)C(c3ccccc3)C2)c1. The van der Waals surface area contributed by atoms with Gasteiger partial charge in [0.25, 0.3) is 10.0 Å². The summed E-state index contributed by atoms with van der Waals surface area (Å²) in [7, 11) is -7.41. The fraction of sp³-hybridized carbons (Fsp3) is 0.136. The summed E-state index contributed by atoms with van der Waals surface area (Å²) in [5.41, 5.74) is 2.35. The molecule has 0 saturated carbocycles. The van der Waals surface area contributed by atoms with E-state index in [-0.39, 0.29) is 4.90 Å². The maximum absolute atomic E-state index is 13.4. The zero-order valence-electron chi connectivity index (χ0n) is 17.0. The highest BCUT2D eigenvalue weighted by Gasteiger charge is 2.37. The van der Waals surface area contributed by atoms with Crippen molar-refractivity contribution >= 4 is 43.0 Å². The molecule has 7 nitrogen and oxygen atoms in total. The van der Waals surface area contributed by atoms with Crippen molar-refractivity contribution in [2.45, 2.75) is 17.4 Å². The third kappa shape index (κ3) is 4.79. The van der Waals surface area contributed by atoms with Crippen LogP contribution < -0.4 is 4.72 Å². The van der Waals surface area contributed by atoms with Crippen molar-refractivity contribution in [3.8, 4) is 0 Å². The molecule has 1 atom stereocenters. The van der Waals surface area contributed by atoms with Crippen LogP contribution in [0.1, 0.15) is 23.6 Å². The lowest BCUT2D eigenvalue weighted by Crippen LogP contribution is -2.27. The number of hydrazone groups is 1. The minimum Gasteiger partial charge on any atom is -0.284 e. The molecule has 1 aliphatic rings. The first-order valence-electron chi connectivity index (χ1n) is 9.64. The van der Waals surface area contributed by atoms with E-state index >= 15 is 0 Å². The molecule has 166 valence electrons. The molecule has 3 aromatic carbocycles. The Balaban J connectivity index is 1.77. The first-order valence-corrected chi connectivity index (χ1v) is 13.3. The molecular weight excluding hydrogens is 470 g/mol. The Labute approximate surface area is 192 Å². The van der Waals surface area contributed by atoms with Crippen molar-refractivity contribution in [3.63, 3.8) is 0 Å². The lowest BCUT2D eigenvalue weighted by atomic mass is 9.99. The average Bonchev–Trinajstić information content (AvgIpc) is 3.20. The summed E-state index contributed by atoms with van der Waals surface area (Å²) < 4.78 is 53.6. The molecule has 10 heteroatoms. The first-order chi connectivity index (χ1) is 15.1. The van der Waals surface area contributed by atoms with Gasteiger partial charge in [-0.1, -0.05) is 54.1 Å². The number of nitrogens with zero attached hydrogens (tertiary/aromatic N) is 2. The molecule has 0 aromatic heterocycles. The molecule has 0 radical (unpaired) electrons. The van der Waals surface area contributed by atoms with Crippen molar-refractivity contribution in [1.29, 1.82) is 0 Å². The number of halogens is 1. The molecule has 0 bridgehead atoms. The van der Waals surface area contributed by atoms with Crippen LogP contribution in [0, 0.1) is 0 Å². The molecule has 1 heterocycles. The standard InChI is InChI=1S/C22H20ClN3O4S2/c1-31(27,28)25-19-9-5-8-17(14-19)21-15-22(16-6-3-2-4-7-16)26(24-21)32(29,30)20-12-10-18(23)11-13-20/h2-14,22,25H,15H2,1H3. The summed E-state index contributed by atoms with van der Waals surface area (Å²) in [5.74, 6) is 0. The molecule has 4 rings (SSSR count). The topological polar surface area (TPSA) is 95.9 Å². The van der Waals surface area contributed by atoms with Gasteiger partial charge < -0.3 is 0 Å². The maximum atomic E-state index is 13.4. The van der Waals surface area contributed by atoms with E-state index in [1.165, 1.54) is 24.3 Å². The molecule has 0 aliphatic carbocycles. The summed E-state index contributed by atoms with van der Waals surface area (Å²) >= 11 is 5.93. The molecule has 1 aliphatic heterocycles. The van der Waals surface area contributed by atoms with Crippen LogP contribution >= 0.6 is 11.6 Å². The zero-order chi connectivity index (χ0) is 22.9. The van der Waals surface area contributed by atoms with Crippen molar-refractivity contribution in [1.82, 2.24) is 4.41 Å². The predicted octanol–water partition coefficient (Wildman–Crippen LogP) is 4.25. The molecule has 32 heavy (non-hydrogen) atoms. The van der Waals surface area contributed by atoms with Crippen LogP contribution in [0.5, 0.6) is 0 Å². The Morgan fingerprint density at radius 3 is 2.28 bits per heavy atom. The second-order valence-corrected chi connectivity index (χ2v) is 11.3. The van der Waals surface area contributed by atoms with Crippen molar-refractivity contribution < 1.29 is 16.8 Å². The van der Waals surface area contributed by atoms with Crippen LogP contribution in [0.15, 0.2) is 88.9 Å². The summed E-state index contributed by atoms with van der Waals surface area (Å²) in [6, 6.07) is 21.4. The molecule has 0 saturated heterocycles. The molecular formula is C22H20ClN3O4S2. The van der Waals surface area contributed by atoms with Gasteiger partial charge in [0.2, 0.25) is 10.0 Å². The largest absolute Gasteiger partial charge is 0.284 e. The Hall–Kier alpha value is -2.88. The molecule has 0 spiro atoms. The minimum atomic E-state index is -3.96. The van der Waals surface area contributed by atoms with E-state index in [0.29, 0.717) is 28.4 Å². The smallest absolute Gasteiger partial charge is 0.279 e. The first kappa shape index (κ1) is 22.3. The second-order valence-electron chi connectivity index (χ2n) is 7.36. The van der Waals surface area contributed by atoms with E-state index in [9.17, 15) is 16.8 Å². The fourth-order valence-corrected chi connectivity index (χ4v) is 5.61. The number of benzene rings is 3. The Morgan fingerprint density at radius 2 is 1.62 bits per heavy atom. The predicted molar refractivity (Wildman–Crippen MR) is 126 cm³/mol. The highest BCUT2D eigenvalue weighted by molar-refractivity contribution is 7.92. The average molecular weight is 490 g/mol. The number of nitrogens with one attached hydrogen (secondary N) is 1. The minimum absolute atomic E-state index is 0.0836. The highest BCUT2D eigenvalue weighted by atomic mass is 35.5. The van der Waals surface area contributed by atoms with Crippen LogP contribution in [-0.2, 0) is 20.0 Å². The molecule has 0 fully saturated rings. The normalized spacial score (nSPS) is 16.6. The lowest BCUT2D eigenvalue weighted by molar-refractivity contribution is 0.371. The number of hydrogen-bond donors (Lipinski definition) is 1. The Bertz CT molecular complexity index is 1370. The lowest BCUT2D eigenvalue weighted by Gasteiger charge is -2.23. The van der Waals surface area contributed by atoms with Gasteiger partial charge in [-0.15, -0.1) is 0 Å². The van der Waals surface area contributed by atoms with E-state index in [0.717, 1.165) is 16.2 Å².